The van der Waals surface area contributed by atoms with Gasteiger partial charge in [-0.3, -0.25) is 19.4 Å². The van der Waals surface area contributed by atoms with Gasteiger partial charge in [-0.25, -0.2) is 8.37 Å². The van der Waals surface area contributed by atoms with Crippen LogP contribution in [-0.2, 0) is 47.8 Å². The Morgan fingerprint density at radius 3 is 1.22 bits per heavy atom. The standard InChI is InChI=1S/2C14H14BrNO6S2.Ca/c2*1-13(2)14(12(18)19,16-10(17)7-11(16)23-13)22-24(20,21)9-5-3-8(15)4-6-9;/h2*3-6,11H,7H2,1-2H3,(H,18,19);/q;;+2/p-2/t2*11-,14-;/m11./s1. The Balaban J connectivity index is 0.000000216. The van der Waals surface area contributed by atoms with Crippen LogP contribution >= 0.6 is 55.4 Å². The number of aliphatic carboxylic acids is 2. The number of carboxylic acid groups (broad SMARTS) is 2. The number of β-lactam (4-membered cyclic amide) rings is 2. The van der Waals surface area contributed by atoms with Crippen molar-refractivity contribution in [2.24, 2.45) is 0 Å². The van der Waals surface area contributed by atoms with E-state index in [0.29, 0.717) is 8.95 Å². The van der Waals surface area contributed by atoms with E-state index in [0.717, 1.165) is 9.80 Å². The smallest absolute Gasteiger partial charge is 0.545 e. The summed E-state index contributed by atoms with van der Waals surface area (Å²) in [5.74, 6) is -4.46. The third kappa shape index (κ3) is 6.74. The predicted octanol–water partition coefficient (Wildman–Crippen LogP) is 0.988. The molecule has 2 amide bonds. The molecule has 0 saturated carbocycles. The molecular formula is C28H26Br2CaN2O12S4. The molecule has 2 aromatic carbocycles. The minimum Gasteiger partial charge on any atom is -0.545 e. The quantitative estimate of drug-likeness (QED) is 0.206. The number of halogens is 2. The molecule has 4 aliphatic heterocycles. The maximum absolute atomic E-state index is 12.6. The number of hydrogen-bond donors (Lipinski definition) is 0. The molecule has 6 rings (SSSR count). The first-order valence-electron chi connectivity index (χ1n) is 13.9. The Kier molecular flexibility index (Phi) is 11.5. The van der Waals surface area contributed by atoms with Crippen molar-refractivity contribution in [3.8, 4) is 0 Å². The molecule has 0 spiro atoms. The second kappa shape index (κ2) is 13.8. The average molecular weight is 911 g/mol. The number of amides is 2. The maximum atomic E-state index is 12.6. The van der Waals surface area contributed by atoms with E-state index in [4.69, 9.17) is 8.37 Å². The number of hydrogen-bond acceptors (Lipinski definition) is 14. The summed E-state index contributed by atoms with van der Waals surface area (Å²) in [6.07, 6.45) is 0.287. The Labute approximate surface area is 337 Å². The first kappa shape index (κ1) is 40.8. The molecule has 4 atom stereocenters. The third-order valence-corrected chi connectivity index (χ3v) is 14.9. The topological polar surface area (TPSA) is 208 Å². The normalized spacial score (nSPS) is 27.8. The van der Waals surface area contributed by atoms with Gasteiger partial charge in [0.1, 0.15) is 0 Å². The van der Waals surface area contributed by atoms with E-state index in [1.165, 1.54) is 99.7 Å². The summed E-state index contributed by atoms with van der Waals surface area (Å²) in [6, 6.07) is 11.1. The molecule has 21 heteroatoms. The van der Waals surface area contributed by atoms with Gasteiger partial charge in [0.15, 0.2) is 0 Å². The van der Waals surface area contributed by atoms with Crippen molar-refractivity contribution in [1.29, 1.82) is 0 Å². The van der Waals surface area contributed by atoms with Crippen molar-refractivity contribution in [1.82, 2.24) is 9.80 Å². The Bertz CT molecular complexity index is 1790. The SMILES string of the molecule is CC1(C)S[C@@H]2CC(=O)N2[C@@]1(OS(=O)(=O)c1ccc(Br)cc1)C(=O)[O-].CC1(C)S[C@@H]2CC(=O)N2[C@@]1(OS(=O)(=O)c1ccc(Br)cc1)C(=O)[O-].[Ca+2]. The van der Waals surface area contributed by atoms with E-state index in [9.17, 15) is 46.2 Å². The summed E-state index contributed by atoms with van der Waals surface area (Å²) in [6.45, 7) is 6.10. The maximum Gasteiger partial charge on any atom is 2.00 e. The average Bonchev–Trinajstić information content (AvgIpc) is 3.25. The fourth-order valence-electron chi connectivity index (χ4n) is 5.79. The number of carboxylic acids is 2. The zero-order valence-corrected chi connectivity index (χ0v) is 34.7. The van der Waals surface area contributed by atoms with E-state index >= 15 is 0 Å². The van der Waals surface area contributed by atoms with Crippen LogP contribution in [0.3, 0.4) is 0 Å². The zero-order chi connectivity index (χ0) is 35.8. The second-order valence-electron chi connectivity index (χ2n) is 11.9. The van der Waals surface area contributed by atoms with E-state index < -0.39 is 75.7 Å². The number of thioether (sulfide) groups is 2. The van der Waals surface area contributed by atoms with Crippen LogP contribution in [0.25, 0.3) is 0 Å². The van der Waals surface area contributed by atoms with Gasteiger partial charge < -0.3 is 19.8 Å². The van der Waals surface area contributed by atoms with Gasteiger partial charge in [0.05, 0.1) is 54.8 Å². The fourth-order valence-corrected chi connectivity index (χ4v) is 12.2. The van der Waals surface area contributed by atoms with Crippen LogP contribution in [0.4, 0.5) is 0 Å². The van der Waals surface area contributed by atoms with E-state index in [1.54, 1.807) is 0 Å². The van der Waals surface area contributed by atoms with Crippen LogP contribution in [0.5, 0.6) is 0 Å². The van der Waals surface area contributed by atoms with Crippen molar-refractivity contribution in [3.63, 3.8) is 0 Å². The second-order valence-corrected chi connectivity index (χ2v) is 20.5. The minimum absolute atomic E-state index is 0. The predicted molar refractivity (Wildman–Crippen MR) is 180 cm³/mol. The van der Waals surface area contributed by atoms with E-state index in [2.05, 4.69) is 31.9 Å². The molecule has 0 aliphatic carbocycles. The molecule has 0 bridgehead atoms. The number of nitrogens with zero attached hydrogens (tertiary/aromatic N) is 2. The molecule has 4 saturated heterocycles. The number of rotatable bonds is 8. The Morgan fingerprint density at radius 1 is 0.694 bits per heavy atom. The first-order valence-corrected chi connectivity index (χ1v) is 20.0. The summed E-state index contributed by atoms with van der Waals surface area (Å²) in [5.41, 5.74) is -4.77. The van der Waals surface area contributed by atoms with Gasteiger partial charge in [-0.2, -0.15) is 16.8 Å². The molecule has 260 valence electrons. The van der Waals surface area contributed by atoms with Crippen LogP contribution in [0.2, 0.25) is 0 Å². The number of fused-ring (bicyclic) bond motifs is 2. The molecule has 4 fully saturated rings. The summed E-state index contributed by atoms with van der Waals surface area (Å²) in [4.78, 5) is 49.2. The molecule has 49 heavy (non-hydrogen) atoms. The molecule has 4 heterocycles. The third-order valence-electron chi connectivity index (χ3n) is 8.20. The largest absolute Gasteiger partial charge is 2.00 e. The molecule has 4 aliphatic rings. The number of carbonyl (C=O) groups is 4. The zero-order valence-electron chi connectivity index (χ0n) is 26.1. The molecule has 0 N–H and O–H groups in total. The van der Waals surface area contributed by atoms with Crippen molar-refractivity contribution in [2.45, 2.75) is 82.0 Å². The monoisotopic (exact) mass is 908 g/mol. The summed E-state index contributed by atoms with van der Waals surface area (Å²) in [5, 5.41) is 23.0. The van der Waals surface area contributed by atoms with Crippen LogP contribution < -0.4 is 10.2 Å². The molecule has 14 nitrogen and oxygen atoms in total. The minimum atomic E-state index is -4.43. The van der Waals surface area contributed by atoms with Gasteiger partial charge in [0.25, 0.3) is 20.2 Å². The number of carbonyl (C=O) groups excluding carboxylic acids is 4. The Morgan fingerprint density at radius 2 is 0.980 bits per heavy atom. The molecular weight excluding hydrogens is 884 g/mol. The Hall–Kier alpha value is -0.940. The van der Waals surface area contributed by atoms with Crippen molar-refractivity contribution in [2.75, 3.05) is 0 Å². The van der Waals surface area contributed by atoms with Crippen LogP contribution in [0.15, 0.2) is 67.3 Å². The van der Waals surface area contributed by atoms with Gasteiger partial charge in [-0.15, -0.1) is 23.5 Å². The van der Waals surface area contributed by atoms with Crippen LogP contribution in [0, 0.1) is 0 Å². The van der Waals surface area contributed by atoms with Gasteiger partial charge >= 0.3 is 37.7 Å². The van der Waals surface area contributed by atoms with Crippen molar-refractivity contribution < 1.29 is 54.6 Å². The van der Waals surface area contributed by atoms with Gasteiger partial charge in [-0.05, 0) is 76.2 Å². The van der Waals surface area contributed by atoms with E-state index in [-0.39, 0.29) is 60.4 Å². The molecule has 0 unspecified atom stereocenters. The number of benzene rings is 2. The van der Waals surface area contributed by atoms with Gasteiger partial charge in [0.2, 0.25) is 23.3 Å². The molecule has 0 radical (unpaired) electrons. The molecule has 0 aromatic heterocycles. The van der Waals surface area contributed by atoms with Crippen molar-refractivity contribution in [3.05, 3.63) is 57.5 Å². The summed E-state index contributed by atoms with van der Waals surface area (Å²) in [7, 11) is -8.86. The van der Waals surface area contributed by atoms with Crippen LogP contribution in [0.1, 0.15) is 40.5 Å². The molecule has 2 aromatic rings. The van der Waals surface area contributed by atoms with Crippen molar-refractivity contribution >= 4 is 137 Å². The van der Waals surface area contributed by atoms with E-state index in [1.807, 2.05) is 0 Å². The fraction of sp³-hybridized carbons (Fsp3) is 0.429. The van der Waals surface area contributed by atoms with Gasteiger partial charge in [-0.1, -0.05) is 31.9 Å². The summed E-state index contributed by atoms with van der Waals surface area (Å²) < 4.78 is 59.7. The van der Waals surface area contributed by atoms with Crippen LogP contribution in [-0.4, -0.2) is 120 Å². The summed E-state index contributed by atoms with van der Waals surface area (Å²) >= 11 is 8.75. The first-order chi connectivity index (χ1) is 22.0. The van der Waals surface area contributed by atoms with Gasteiger partial charge in [0, 0.05) is 8.95 Å².